The van der Waals surface area contributed by atoms with E-state index in [1.807, 2.05) is 0 Å². The topological polar surface area (TPSA) is 110 Å². The van der Waals surface area contributed by atoms with Crippen LogP contribution in [0.2, 0.25) is 0 Å². The molecule has 0 aliphatic heterocycles. The SMILES string of the molecule is CCC(CC(=O)O)NC(=O)/C=C/c1ccc([N+](=O)[O-])cc1. The smallest absolute Gasteiger partial charge is 0.305 e. The van der Waals surface area contributed by atoms with E-state index in [4.69, 9.17) is 5.11 Å². The van der Waals surface area contributed by atoms with Gasteiger partial charge in [0.25, 0.3) is 5.69 Å². The van der Waals surface area contributed by atoms with Crippen molar-refractivity contribution in [2.24, 2.45) is 0 Å². The van der Waals surface area contributed by atoms with Gasteiger partial charge in [-0.1, -0.05) is 6.92 Å². The number of carboxylic acids is 1. The van der Waals surface area contributed by atoms with Gasteiger partial charge >= 0.3 is 5.97 Å². The number of carbonyl (C=O) groups is 2. The van der Waals surface area contributed by atoms with Crippen LogP contribution in [0.5, 0.6) is 0 Å². The van der Waals surface area contributed by atoms with E-state index in [9.17, 15) is 19.7 Å². The minimum Gasteiger partial charge on any atom is -0.481 e. The van der Waals surface area contributed by atoms with Gasteiger partial charge in [0, 0.05) is 24.3 Å². The average Bonchev–Trinajstić information content (AvgIpc) is 2.44. The van der Waals surface area contributed by atoms with E-state index in [2.05, 4.69) is 5.32 Å². The van der Waals surface area contributed by atoms with Crippen LogP contribution < -0.4 is 5.32 Å². The molecule has 7 nitrogen and oxygen atoms in total. The largest absolute Gasteiger partial charge is 0.481 e. The molecular formula is C14H16N2O5. The summed E-state index contributed by atoms with van der Waals surface area (Å²) in [6.45, 7) is 1.79. The van der Waals surface area contributed by atoms with Crippen molar-refractivity contribution in [1.82, 2.24) is 5.32 Å². The summed E-state index contributed by atoms with van der Waals surface area (Å²) in [4.78, 5) is 32.2. The summed E-state index contributed by atoms with van der Waals surface area (Å²) in [6, 6.07) is 5.32. The first kappa shape index (κ1) is 16.4. The van der Waals surface area contributed by atoms with Gasteiger partial charge in [0.2, 0.25) is 5.91 Å². The van der Waals surface area contributed by atoms with Gasteiger partial charge in [-0.05, 0) is 30.2 Å². The Labute approximate surface area is 121 Å². The molecule has 1 rings (SSSR count). The molecule has 21 heavy (non-hydrogen) atoms. The highest BCUT2D eigenvalue weighted by Crippen LogP contribution is 2.12. The van der Waals surface area contributed by atoms with E-state index in [1.54, 1.807) is 6.92 Å². The predicted molar refractivity (Wildman–Crippen MR) is 76.6 cm³/mol. The first-order valence-corrected chi connectivity index (χ1v) is 6.37. The summed E-state index contributed by atoms with van der Waals surface area (Å²) in [6.07, 6.45) is 3.16. The van der Waals surface area contributed by atoms with E-state index in [0.29, 0.717) is 12.0 Å². The fraction of sp³-hybridized carbons (Fsp3) is 0.286. The van der Waals surface area contributed by atoms with Gasteiger partial charge < -0.3 is 10.4 Å². The fourth-order valence-electron chi connectivity index (χ4n) is 1.64. The molecule has 0 saturated carbocycles. The predicted octanol–water partition coefficient (Wildman–Crippen LogP) is 1.98. The number of nitro groups is 1. The van der Waals surface area contributed by atoms with Crippen molar-refractivity contribution in [3.63, 3.8) is 0 Å². The molecule has 0 bridgehead atoms. The van der Waals surface area contributed by atoms with Crippen LogP contribution in [-0.4, -0.2) is 27.9 Å². The molecule has 0 aliphatic carbocycles. The number of amides is 1. The van der Waals surface area contributed by atoms with E-state index >= 15 is 0 Å². The number of nitrogens with zero attached hydrogens (tertiary/aromatic N) is 1. The molecule has 0 fully saturated rings. The minimum absolute atomic E-state index is 0.0240. The third-order valence-electron chi connectivity index (χ3n) is 2.79. The highest BCUT2D eigenvalue weighted by Gasteiger charge is 2.12. The van der Waals surface area contributed by atoms with Crippen LogP contribution in [0.4, 0.5) is 5.69 Å². The van der Waals surface area contributed by atoms with Crippen molar-refractivity contribution in [2.75, 3.05) is 0 Å². The molecule has 1 aromatic rings. The first-order valence-electron chi connectivity index (χ1n) is 6.37. The van der Waals surface area contributed by atoms with Crippen molar-refractivity contribution in [1.29, 1.82) is 0 Å². The molecule has 1 unspecified atom stereocenters. The Hall–Kier alpha value is -2.70. The second kappa shape index (κ2) is 7.78. The second-order valence-electron chi connectivity index (χ2n) is 4.39. The van der Waals surface area contributed by atoms with Crippen LogP contribution in [0.15, 0.2) is 30.3 Å². The van der Waals surface area contributed by atoms with Gasteiger partial charge in [-0.25, -0.2) is 0 Å². The van der Waals surface area contributed by atoms with Crippen molar-refractivity contribution in [2.45, 2.75) is 25.8 Å². The third-order valence-corrected chi connectivity index (χ3v) is 2.79. The molecule has 2 N–H and O–H groups in total. The lowest BCUT2D eigenvalue weighted by molar-refractivity contribution is -0.384. The molecule has 1 atom stereocenters. The summed E-state index contributed by atoms with van der Waals surface area (Å²) >= 11 is 0. The molecule has 0 aromatic heterocycles. The quantitative estimate of drug-likeness (QED) is 0.453. The number of rotatable bonds is 7. The highest BCUT2D eigenvalue weighted by atomic mass is 16.6. The number of carbonyl (C=O) groups excluding carboxylic acids is 1. The second-order valence-corrected chi connectivity index (χ2v) is 4.39. The van der Waals surface area contributed by atoms with Gasteiger partial charge in [0.05, 0.1) is 11.3 Å². The highest BCUT2D eigenvalue weighted by molar-refractivity contribution is 5.92. The Morgan fingerprint density at radius 2 is 2.00 bits per heavy atom. The van der Waals surface area contributed by atoms with Crippen LogP contribution >= 0.6 is 0 Å². The number of non-ortho nitro benzene ring substituents is 1. The molecule has 112 valence electrons. The van der Waals surface area contributed by atoms with E-state index in [-0.39, 0.29) is 12.1 Å². The minimum atomic E-state index is -0.971. The standard InChI is InChI=1S/C14H16N2O5/c1-2-11(9-14(18)19)15-13(17)8-5-10-3-6-12(7-4-10)16(20)21/h3-8,11H,2,9H2,1H3,(H,15,17)(H,18,19)/b8-5+. The number of nitrogens with one attached hydrogen (secondary N) is 1. The van der Waals surface area contributed by atoms with E-state index in [1.165, 1.54) is 36.4 Å². The average molecular weight is 292 g/mol. The lowest BCUT2D eigenvalue weighted by Crippen LogP contribution is -2.34. The molecule has 0 saturated heterocycles. The Morgan fingerprint density at radius 3 is 2.48 bits per heavy atom. The lowest BCUT2D eigenvalue weighted by atomic mass is 10.1. The number of aliphatic carboxylic acids is 1. The molecule has 0 spiro atoms. The summed E-state index contributed by atoms with van der Waals surface area (Å²) in [5, 5.41) is 21.8. The van der Waals surface area contributed by atoms with E-state index < -0.39 is 22.8 Å². The summed E-state index contributed by atoms with van der Waals surface area (Å²) < 4.78 is 0. The zero-order chi connectivity index (χ0) is 15.8. The van der Waals surface area contributed by atoms with Gasteiger partial charge in [-0.2, -0.15) is 0 Å². The maximum Gasteiger partial charge on any atom is 0.305 e. The summed E-state index contributed by atoms with van der Waals surface area (Å²) in [5.41, 5.74) is 0.617. The number of nitro benzene ring substituents is 1. The van der Waals surface area contributed by atoms with Crippen LogP contribution in [-0.2, 0) is 9.59 Å². The normalized spacial score (nSPS) is 12.0. The van der Waals surface area contributed by atoms with Gasteiger partial charge in [0.15, 0.2) is 0 Å². The molecule has 7 heteroatoms. The number of hydrogen-bond donors (Lipinski definition) is 2. The number of hydrogen-bond acceptors (Lipinski definition) is 4. The molecular weight excluding hydrogens is 276 g/mol. The number of carboxylic acid groups (broad SMARTS) is 1. The van der Waals surface area contributed by atoms with Gasteiger partial charge in [-0.3, -0.25) is 19.7 Å². The molecule has 0 radical (unpaired) electrons. The van der Waals surface area contributed by atoms with E-state index in [0.717, 1.165) is 0 Å². The summed E-state index contributed by atoms with van der Waals surface area (Å²) in [5.74, 6) is -1.37. The van der Waals surface area contributed by atoms with Crippen LogP contribution in [0.25, 0.3) is 6.08 Å². The maximum absolute atomic E-state index is 11.6. The monoisotopic (exact) mass is 292 g/mol. The van der Waals surface area contributed by atoms with Crippen LogP contribution in [0.1, 0.15) is 25.3 Å². The van der Waals surface area contributed by atoms with Crippen molar-refractivity contribution < 1.29 is 19.6 Å². The zero-order valence-electron chi connectivity index (χ0n) is 11.5. The van der Waals surface area contributed by atoms with Crippen LogP contribution in [0, 0.1) is 10.1 Å². The Bertz CT molecular complexity index is 551. The molecule has 0 heterocycles. The Kier molecular flexibility index (Phi) is 6.06. The number of benzene rings is 1. The van der Waals surface area contributed by atoms with Crippen molar-refractivity contribution in [3.8, 4) is 0 Å². The zero-order valence-corrected chi connectivity index (χ0v) is 11.5. The van der Waals surface area contributed by atoms with Gasteiger partial charge in [-0.15, -0.1) is 0 Å². The van der Waals surface area contributed by atoms with Crippen molar-refractivity contribution in [3.05, 3.63) is 46.0 Å². The molecule has 0 aliphatic rings. The fourth-order valence-corrected chi connectivity index (χ4v) is 1.64. The third kappa shape index (κ3) is 5.85. The first-order chi connectivity index (χ1) is 9.92. The van der Waals surface area contributed by atoms with Gasteiger partial charge in [0.1, 0.15) is 0 Å². The lowest BCUT2D eigenvalue weighted by Gasteiger charge is -2.12. The summed E-state index contributed by atoms with van der Waals surface area (Å²) in [7, 11) is 0. The Morgan fingerprint density at radius 1 is 1.38 bits per heavy atom. The molecule has 1 amide bonds. The van der Waals surface area contributed by atoms with Crippen LogP contribution in [0.3, 0.4) is 0 Å². The maximum atomic E-state index is 11.6. The van der Waals surface area contributed by atoms with Crippen molar-refractivity contribution >= 4 is 23.6 Å². The Balaban J connectivity index is 2.60. The molecule has 1 aromatic carbocycles.